The Morgan fingerprint density at radius 2 is 2.05 bits per heavy atom. The lowest BCUT2D eigenvalue weighted by Gasteiger charge is -2.13. The predicted molar refractivity (Wildman–Crippen MR) is 80.5 cm³/mol. The Labute approximate surface area is 128 Å². The summed E-state index contributed by atoms with van der Waals surface area (Å²) in [6, 6.07) is 11.2. The number of aromatic nitrogens is 1. The van der Waals surface area contributed by atoms with E-state index >= 15 is 0 Å². The topological polar surface area (TPSA) is 68.3 Å². The third kappa shape index (κ3) is 2.70. The Morgan fingerprint density at radius 1 is 1.23 bits per heavy atom. The van der Waals surface area contributed by atoms with Crippen LogP contribution in [0.1, 0.15) is 44.4 Å². The predicted octanol–water partition coefficient (Wildman–Crippen LogP) is 2.29. The molecule has 2 aromatic rings. The molecule has 3 rings (SSSR count). The molecule has 1 atom stereocenters. The molecule has 1 N–H and O–H groups in total. The van der Waals surface area contributed by atoms with Gasteiger partial charge in [0.25, 0.3) is 5.91 Å². The summed E-state index contributed by atoms with van der Waals surface area (Å²) in [6.45, 7) is 0. The van der Waals surface area contributed by atoms with Crippen molar-refractivity contribution in [2.75, 3.05) is 7.11 Å². The lowest BCUT2D eigenvalue weighted by molar-refractivity contribution is 0.0599. The minimum atomic E-state index is -0.468. The van der Waals surface area contributed by atoms with Gasteiger partial charge in [-0.1, -0.05) is 24.3 Å². The maximum Gasteiger partial charge on any atom is 0.339 e. The highest BCUT2D eigenvalue weighted by Gasteiger charge is 2.24. The van der Waals surface area contributed by atoms with Gasteiger partial charge in [0.05, 0.1) is 18.7 Å². The fourth-order valence-electron chi connectivity index (χ4n) is 2.71. The molecule has 1 aliphatic carbocycles. The van der Waals surface area contributed by atoms with Crippen molar-refractivity contribution in [2.24, 2.45) is 0 Å². The minimum absolute atomic E-state index is 0.0192. The van der Waals surface area contributed by atoms with Gasteiger partial charge in [-0.05, 0) is 36.1 Å². The first kappa shape index (κ1) is 14.3. The van der Waals surface area contributed by atoms with Crippen molar-refractivity contribution in [1.82, 2.24) is 10.3 Å². The van der Waals surface area contributed by atoms with E-state index in [9.17, 15) is 9.59 Å². The van der Waals surface area contributed by atoms with Crippen molar-refractivity contribution in [3.63, 3.8) is 0 Å². The molecule has 1 amide bonds. The lowest BCUT2D eigenvalue weighted by Crippen LogP contribution is -2.28. The molecular weight excluding hydrogens is 280 g/mol. The number of pyridine rings is 1. The van der Waals surface area contributed by atoms with Gasteiger partial charge < -0.3 is 10.1 Å². The van der Waals surface area contributed by atoms with E-state index in [1.54, 1.807) is 0 Å². The molecule has 0 radical (unpaired) electrons. The molecule has 5 nitrogen and oxygen atoms in total. The average Bonchev–Trinajstić information content (AvgIpc) is 2.97. The Morgan fingerprint density at radius 3 is 2.77 bits per heavy atom. The van der Waals surface area contributed by atoms with Crippen molar-refractivity contribution < 1.29 is 14.3 Å². The van der Waals surface area contributed by atoms with Crippen molar-refractivity contribution in [3.8, 4) is 0 Å². The Kier molecular flexibility index (Phi) is 3.87. The molecule has 0 spiro atoms. The van der Waals surface area contributed by atoms with Crippen molar-refractivity contribution in [2.45, 2.75) is 18.9 Å². The summed E-state index contributed by atoms with van der Waals surface area (Å²) < 4.78 is 4.60. The van der Waals surface area contributed by atoms with E-state index in [1.165, 1.54) is 36.6 Å². The highest BCUT2D eigenvalue weighted by molar-refractivity contribution is 5.94. The van der Waals surface area contributed by atoms with Crippen LogP contribution in [0.5, 0.6) is 0 Å². The molecule has 0 aliphatic heterocycles. The van der Waals surface area contributed by atoms with E-state index in [4.69, 9.17) is 0 Å². The van der Waals surface area contributed by atoms with Crippen LogP contribution in [0, 0.1) is 0 Å². The molecule has 0 fully saturated rings. The summed E-state index contributed by atoms with van der Waals surface area (Å²) in [5, 5.41) is 3.00. The fraction of sp³-hybridized carbons (Fsp3) is 0.235. The van der Waals surface area contributed by atoms with E-state index in [0.29, 0.717) is 5.56 Å². The number of rotatable bonds is 3. The number of nitrogens with zero attached hydrogens (tertiary/aromatic N) is 1. The molecule has 1 aromatic carbocycles. The van der Waals surface area contributed by atoms with Gasteiger partial charge in [-0.3, -0.25) is 9.78 Å². The molecule has 0 saturated carbocycles. The number of nitrogens with one attached hydrogen (secondary N) is 1. The van der Waals surface area contributed by atoms with Crippen LogP contribution in [0.25, 0.3) is 0 Å². The summed E-state index contributed by atoms with van der Waals surface area (Å²) in [6.07, 6.45) is 3.21. The van der Waals surface area contributed by atoms with Gasteiger partial charge in [0, 0.05) is 6.20 Å². The van der Waals surface area contributed by atoms with Gasteiger partial charge in [0.15, 0.2) is 0 Å². The van der Waals surface area contributed by atoms with Crippen LogP contribution < -0.4 is 5.32 Å². The van der Waals surface area contributed by atoms with Gasteiger partial charge in [0.1, 0.15) is 5.69 Å². The molecule has 1 heterocycles. The van der Waals surface area contributed by atoms with Crippen LogP contribution >= 0.6 is 0 Å². The zero-order chi connectivity index (χ0) is 15.5. The quantitative estimate of drug-likeness (QED) is 0.882. The molecular formula is C17H16N2O3. The monoisotopic (exact) mass is 296 g/mol. The number of aryl methyl sites for hydroxylation is 1. The number of esters is 1. The number of hydrogen-bond donors (Lipinski definition) is 1. The smallest absolute Gasteiger partial charge is 0.339 e. The summed E-state index contributed by atoms with van der Waals surface area (Å²) in [7, 11) is 1.31. The standard InChI is InChI=1S/C17H16N2O3/c1-22-17(21)12-7-9-15(18-10-12)16(20)19-14-8-6-11-4-2-3-5-13(11)14/h2-5,7,9-10,14H,6,8H2,1H3,(H,19,20). The first-order valence-electron chi connectivity index (χ1n) is 7.12. The van der Waals surface area contributed by atoms with Gasteiger partial charge in [0.2, 0.25) is 0 Å². The molecule has 1 aromatic heterocycles. The van der Waals surface area contributed by atoms with E-state index < -0.39 is 5.97 Å². The maximum atomic E-state index is 12.3. The number of amides is 1. The van der Waals surface area contributed by atoms with E-state index in [1.807, 2.05) is 18.2 Å². The molecule has 5 heteroatoms. The van der Waals surface area contributed by atoms with Gasteiger partial charge in [-0.25, -0.2) is 4.79 Å². The van der Waals surface area contributed by atoms with Crippen LogP contribution in [0.4, 0.5) is 0 Å². The number of carbonyl (C=O) groups is 2. The van der Waals surface area contributed by atoms with Crippen molar-refractivity contribution in [1.29, 1.82) is 0 Å². The SMILES string of the molecule is COC(=O)c1ccc(C(=O)NC2CCc3ccccc32)nc1. The largest absolute Gasteiger partial charge is 0.465 e. The number of hydrogen-bond acceptors (Lipinski definition) is 4. The summed E-state index contributed by atoms with van der Waals surface area (Å²) in [4.78, 5) is 27.7. The highest BCUT2D eigenvalue weighted by atomic mass is 16.5. The number of benzene rings is 1. The zero-order valence-corrected chi connectivity index (χ0v) is 12.2. The van der Waals surface area contributed by atoms with Gasteiger partial charge in [-0.15, -0.1) is 0 Å². The van der Waals surface area contributed by atoms with Crippen molar-refractivity contribution in [3.05, 3.63) is 65.0 Å². The molecule has 112 valence electrons. The van der Waals surface area contributed by atoms with E-state index in [0.717, 1.165) is 12.8 Å². The van der Waals surface area contributed by atoms with Gasteiger partial charge >= 0.3 is 5.97 Å². The molecule has 1 unspecified atom stereocenters. The van der Waals surface area contributed by atoms with E-state index in [-0.39, 0.29) is 17.6 Å². The maximum absolute atomic E-state index is 12.3. The van der Waals surface area contributed by atoms with Crippen molar-refractivity contribution >= 4 is 11.9 Å². The Balaban J connectivity index is 1.72. The fourth-order valence-corrected chi connectivity index (χ4v) is 2.71. The van der Waals surface area contributed by atoms with E-state index in [2.05, 4.69) is 21.1 Å². The second-order valence-electron chi connectivity index (χ2n) is 5.19. The molecule has 0 bridgehead atoms. The van der Waals surface area contributed by atoms with Crippen LogP contribution in [0.3, 0.4) is 0 Å². The first-order chi connectivity index (χ1) is 10.7. The van der Waals surface area contributed by atoms with Crippen LogP contribution in [-0.4, -0.2) is 24.0 Å². The zero-order valence-electron chi connectivity index (χ0n) is 12.2. The van der Waals surface area contributed by atoms with Crippen LogP contribution in [0.2, 0.25) is 0 Å². The summed E-state index contributed by atoms with van der Waals surface area (Å²) in [5.41, 5.74) is 3.06. The average molecular weight is 296 g/mol. The number of methoxy groups -OCH3 is 1. The van der Waals surface area contributed by atoms with Crippen LogP contribution in [-0.2, 0) is 11.2 Å². The third-order valence-electron chi connectivity index (χ3n) is 3.86. The summed E-state index contributed by atoms with van der Waals surface area (Å²) >= 11 is 0. The highest BCUT2D eigenvalue weighted by Crippen LogP contribution is 2.30. The Hall–Kier alpha value is -2.69. The lowest BCUT2D eigenvalue weighted by atomic mass is 10.1. The second-order valence-corrected chi connectivity index (χ2v) is 5.19. The molecule has 22 heavy (non-hydrogen) atoms. The number of fused-ring (bicyclic) bond motifs is 1. The number of carbonyl (C=O) groups excluding carboxylic acids is 2. The second kappa shape index (κ2) is 5.97. The van der Waals surface area contributed by atoms with Gasteiger partial charge in [-0.2, -0.15) is 0 Å². The Bertz CT molecular complexity index is 710. The van der Waals surface area contributed by atoms with Crippen LogP contribution in [0.15, 0.2) is 42.6 Å². The minimum Gasteiger partial charge on any atom is -0.465 e. The first-order valence-corrected chi connectivity index (χ1v) is 7.12. The molecule has 1 aliphatic rings. The molecule has 0 saturated heterocycles. The number of ether oxygens (including phenoxy) is 1. The normalized spacial score (nSPS) is 16.0. The third-order valence-corrected chi connectivity index (χ3v) is 3.86. The summed E-state index contributed by atoms with van der Waals surface area (Å²) in [5.74, 6) is -0.706.